The summed E-state index contributed by atoms with van der Waals surface area (Å²) in [5, 5.41) is 21.7. The summed E-state index contributed by atoms with van der Waals surface area (Å²) >= 11 is 12.1. The van der Waals surface area contributed by atoms with E-state index in [0.717, 1.165) is 9.13 Å². The van der Waals surface area contributed by atoms with Gasteiger partial charge in [0.25, 0.3) is 5.91 Å². The van der Waals surface area contributed by atoms with Gasteiger partial charge < -0.3 is 15.2 Å². The largest absolute Gasteiger partial charge is 0.508 e. The first-order valence-corrected chi connectivity index (χ1v) is 11.2. The molecule has 0 aliphatic carbocycles. The quantitative estimate of drug-likeness (QED) is 0.144. The van der Waals surface area contributed by atoms with Crippen LogP contribution < -0.4 is 10.1 Å². The van der Waals surface area contributed by atoms with Crippen LogP contribution >= 0.6 is 50.1 Å². The average molecular weight is 610 g/mol. The zero-order valence-electron chi connectivity index (χ0n) is 15.9. The van der Waals surface area contributed by atoms with E-state index < -0.39 is 5.91 Å². The molecule has 3 aromatic rings. The second-order valence-corrected chi connectivity index (χ2v) is 8.91. The maximum Gasteiger partial charge on any atom is 0.266 e. The van der Waals surface area contributed by atoms with Crippen molar-refractivity contribution in [2.45, 2.75) is 6.61 Å². The highest BCUT2D eigenvalue weighted by atomic mass is 127. The van der Waals surface area contributed by atoms with Crippen molar-refractivity contribution >= 4 is 67.8 Å². The highest BCUT2D eigenvalue weighted by Gasteiger charge is 2.13. The van der Waals surface area contributed by atoms with Gasteiger partial charge in [-0.25, -0.2) is 0 Å². The van der Waals surface area contributed by atoms with Crippen molar-refractivity contribution in [1.29, 1.82) is 5.26 Å². The highest BCUT2D eigenvalue weighted by molar-refractivity contribution is 14.1. The Kier molecular flexibility index (Phi) is 7.96. The second-order valence-electron chi connectivity index (χ2n) is 6.40. The molecule has 0 saturated carbocycles. The maximum absolute atomic E-state index is 12.4. The van der Waals surface area contributed by atoms with Gasteiger partial charge in [-0.1, -0.05) is 23.7 Å². The lowest BCUT2D eigenvalue weighted by molar-refractivity contribution is -0.112. The third-order valence-electron chi connectivity index (χ3n) is 4.12. The molecule has 0 saturated heterocycles. The number of hydrogen-bond donors (Lipinski definition) is 2. The maximum atomic E-state index is 12.4. The van der Waals surface area contributed by atoms with Crippen LogP contribution in [0.2, 0.25) is 5.02 Å². The minimum absolute atomic E-state index is 0.0814. The number of benzene rings is 3. The number of anilines is 1. The smallest absolute Gasteiger partial charge is 0.266 e. The number of nitrogens with one attached hydrogen (secondary N) is 1. The van der Waals surface area contributed by atoms with Gasteiger partial charge in [0, 0.05) is 9.26 Å². The molecule has 0 heterocycles. The van der Waals surface area contributed by atoms with Crippen LogP contribution in [0.5, 0.6) is 11.5 Å². The lowest BCUT2D eigenvalue weighted by Crippen LogP contribution is -2.13. The number of halogens is 3. The second kappa shape index (κ2) is 10.7. The molecule has 5 nitrogen and oxygen atoms in total. The fourth-order valence-electron chi connectivity index (χ4n) is 2.60. The molecule has 0 aromatic heterocycles. The molecule has 31 heavy (non-hydrogen) atoms. The van der Waals surface area contributed by atoms with Crippen molar-refractivity contribution in [2.24, 2.45) is 0 Å². The first-order valence-electron chi connectivity index (χ1n) is 8.94. The number of phenols is 1. The molecule has 156 valence electrons. The van der Waals surface area contributed by atoms with Crippen LogP contribution in [0.3, 0.4) is 0 Å². The Morgan fingerprint density at radius 3 is 2.48 bits per heavy atom. The van der Waals surface area contributed by atoms with Crippen molar-refractivity contribution in [3.05, 3.63) is 90.4 Å². The molecule has 3 aromatic carbocycles. The van der Waals surface area contributed by atoms with Gasteiger partial charge in [0.1, 0.15) is 24.0 Å². The number of rotatable bonds is 6. The Bertz CT molecular complexity index is 1150. The van der Waals surface area contributed by atoms with Crippen molar-refractivity contribution < 1.29 is 14.6 Å². The summed E-state index contributed by atoms with van der Waals surface area (Å²) in [5.41, 5.74) is 1.94. The fraction of sp³-hybridized carbons (Fsp3) is 0.0435. The standard InChI is InChI=1S/C23H15BrClIN2O3/c24-20-10-15(9-16(12-27)23(30)28-18-5-7-19(29)8-6-18)11-21(25)22(20)31-13-14-1-3-17(26)4-2-14/h1-11,29H,13H2,(H,28,30). The Balaban J connectivity index is 1.76. The SMILES string of the molecule is N#CC(=Cc1cc(Cl)c(OCc2ccc(I)cc2)c(Br)c1)C(=O)Nc1ccc(O)cc1. The zero-order valence-corrected chi connectivity index (χ0v) is 20.4. The predicted octanol–water partition coefficient (Wildman–Crippen LogP) is 6.54. The van der Waals surface area contributed by atoms with Gasteiger partial charge in [0.05, 0.1) is 9.50 Å². The average Bonchev–Trinajstić information content (AvgIpc) is 2.74. The molecular weight excluding hydrogens is 595 g/mol. The number of carbonyl (C=O) groups is 1. The van der Waals surface area contributed by atoms with Gasteiger partial charge in [-0.3, -0.25) is 4.79 Å². The number of phenolic OH excluding ortho intramolecular Hbond substituents is 1. The molecule has 0 atom stereocenters. The summed E-state index contributed by atoms with van der Waals surface area (Å²) < 4.78 is 7.59. The minimum Gasteiger partial charge on any atom is -0.508 e. The lowest BCUT2D eigenvalue weighted by atomic mass is 10.1. The summed E-state index contributed by atoms with van der Waals surface area (Å²) in [4.78, 5) is 12.4. The molecule has 0 radical (unpaired) electrons. The van der Waals surface area contributed by atoms with Crippen LogP contribution in [0.1, 0.15) is 11.1 Å². The van der Waals surface area contributed by atoms with Gasteiger partial charge in [-0.15, -0.1) is 0 Å². The molecule has 0 bridgehead atoms. The van der Waals surface area contributed by atoms with Gasteiger partial charge in [0.2, 0.25) is 0 Å². The third kappa shape index (κ3) is 6.47. The third-order valence-corrected chi connectivity index (χ3v) is 5.71. The molecule has 0 spiro atoms. The Labute approximate surface area is 206 Å². The molecule has 0 aliphatic heterocycles. The monoisotopic (exact) mass is 608 g/mol. The minimum atomic E-state index is -0.570. The first-order chi connectivity index (χ1) is 14.9. The van der Waals surface area contributed by atoms with Gasteiger partial charge in [0.15, 0.2) is 5.75 Å². The predicted molar refractivity (Wildman–Crippen MR) is 133 cm³/mol. The molecule has 0 aliphatic rings. The lowest BCUT2D eigenvalue weighted by Gasteiger charge is -2.11. The molecule has 2 N–H and O–H groups in total. The number of nitrogens with zero attached hydrogens (tertiary/aromatic N) is 1. The van der Waals surface area contributed by atoms with Crippen molar-refractivity contribution in [3.8, 4) is 17.6 Å². The number of carbonyl (C=O) groups excluding carboxylic acids is 1. The van der Waals surface area contributed by atoms with Crippen molar-refractivity contribution in [2.75, 3.05) is 5.32 Å². The van der Waals surface area contributed by atoms with Crippen LogP contribution in [0.15, 0.2) is 70.7 Å². The molecule has 1 amide bonds. The number of nitriles is 1. The number of ether oxygens (including phenoxy) is 1. The van der Waals surface area contributed by atoms with Crippen LogP contribution in [0.4, 0.5) is 5.69 Å². The normalized spacial score (nSPS) is 11.0. The number of amides is 1. The van der Waals surface area contributed by atoms with Crippen LogP contribution in [-0.2, 0) is 11.4 Å². The molecule has 0 unspecified atom stereocenters. The zero-order chi connectivity index (χ0) is 22.4. The molecule has 8 heteroatoms. The van der Waals surface area contributed by atoms with Crippen LogP contribution in [-0.4, -0.2) is 11.0 Å². The Morgan fingerprint density at radius 2 is 1.87 bits per heavy atom. The highest BCUT2D eigenvalue weighted by Crippen LogP contribution is 2.35. The number of hydrogen-bond acceptors (Lipinski definition) is 4. The Hall–Kier alpha value is -2.54. The Morgan fingerprint density at radius 1 is 1.19 bits per heavy atom. The van der Waals surface area contributed by atoms with Crippen LogP contribution in [0, 0.1) is 14.9 Å². The van der Waals surface area contributed by atoms with E-state index in [9.17, 15) is 15.2 Å². The van der Waals surface area contributed by atoms with E-state index in [1.165, 1.54) is 30.3 Å². The van der Waals surface area contributed by atoms with E-state index in [1.807, 2.05) is 30.3 Å². The van der Waals surface area contributed by atoms with E-state index in [-0.39, 0.29) is 11.3 Å². The molecule has 0 fully saturated rings. The van der Waals surface area contributed by atoms with Gasteiger partial charge in [-0.05, 0) is 104 Å². The molecular formula is C23H15BrClIN2O3. The van der Waals surface area contributed by atoms with Gasteiger partial charge >= 0.3 is 0 Å². The molecule has 3 rings (SSSR count). The summed E-state index contributed by atoms with van der Waals surface area (Å²) in [6.45, 7) is 0.350. The van der Waals surface area contributed by atoms with Crippen LogP contribution in [0.25, 0.3) is 6.08 Å². The summed E-state index contributed by atoms with van der Waals surface area (Å²) in [7, 11) is 0. The summed E-state index contributed by atoms with van der Waals surface area (Å²) in [5.74, 6) is -0.0123. The summed E-state index contributed by atoms with van der Waals surface area (Å²) in [6, 6.07) is 19.2. The summed E-state index contributed by atoms with van der Waals surface area (Å²) in [6.07, 6.45) is 1.44. The number of aromatic hydroxyl groups is 1. The van der Waals surface area contributed by atoms with E-state index >= 15 is 0 Å². The van der Waals surface area contributed by atoms with Crippen molar-refractivity contribution in [1.82, 2.24) is 0 Å². The fourth-order valence-corrected chi connectivity index (χ4v) is 3.94. The van der Waals surface area contributed by atoms with Gasteiger partial charge in [-0.2, -0.15) is 5.26 Å². The van der Waals surface area contributed by atoms with E-state index in [2.05, 4.69) is 43.8 Å². The van der Waals surface area contributed by atoms with E-state index in [1.54, 1.807) is 12.1 Å². The van der Waals surface area contributed by atoms with Crippen molar-refractivity contribution in [3.63, 3.8) is 0 Å². The van der Waals surface area contributed by atoms with E-state index in [0.29, 0.717) is 33.1 Å². The van der Waals surface area contributed by atoms with E-state index in [4.69, 9.17) is 16.3 Å². The first kappa shape index (κ1) is 23.1. The topological polar surface area (TPSA) is 82.3 Å².